The predicted octanol–water partition coefficient (Wildman–Crippen LogP) is 3.84. The van der Waals surface area contributed by atoms with Crippen molar-refractivity contribution in [1.82, 2.24) is 20.4 Å². The number of urea groups is 1. The molecule has 2 amide bonds. The van der Waals surface area contributed by atoms with E-state index in [9.17, 15) is 14.7 Å². The van der Waals surface area contributed by atoms with Crippen molar-refractivity contribution in [3.05, 3.63) is 52.2 Å². The predicted molar refractivity (Wildman–Crippen MR) is 125 cm³/mol. The van der Waals surface area contributed by atoms with Crippen LogP contribution in [0.15, 0.2) is 30.5 Å². The molecule has 1 saturated heterocycles. The maximum atomic E-state index is 13.3. The maximum Gasteiger partial charge on any atom is 0.337 e. The number of nitrogens with one attached hydrogen (secondary N) is 1. The van der Waals surface area contributed by atoms with Crippen molar-refractivity contribution in [1.29, 1.82) is 0 Å². The third kappa shape index (κ3) is 4.76. The highest BCUT2D eigenvalue weighted by atomic mass is 35.5. The minimum atomic E-state index is -1.02. The second kappa shape index (κ2) is 8.82. The van der Waals surface area contributed by atoms with Gasteiger partial charge in [0, 0.05) is 36.1 Å². The summed E-state index contributed by atoms with van der Waals surface area (Å²) in [5.41, 5.74) is 2.40. The number of amides is 2. The zero-order valence-electron chi connectivity index (χ0n) is 18.6. The Balaban J connectivity index is 1.25. The molecular weight excluding hydrogens is 442 g/mol. The summed E-state index contributed by atoms with van der Waals surface area (Å²) in [6, 6.07) is 8.16. The number of aromatic carboxylic acids is 1. The normalized spacial score (nSPS) is 24.3. The van der Waals surface area contributed by atoms with Crippen LogP contribution in [-0.2, 0) is 0 Å². The molecule has 1 aliphatic heterocycles. The molecule has 2 aliphatic carbocycles. The number of carboxylic acid groups (broad SMARTS) is 1. The number of aromatic nitrogens is 2. The lowest BCUT2D eigenvalue weighted by Gasteiger charge is -2.40. The van der Waals surface area contributed by atoms with Crippen LogP contribution in [0, 0.1) is 6.92 Å². The zero-order valence-corrected chi connectivity index (χ0v) is 19.3. The first-order valence-corrected chi connectivity index (χ1v) is 11.9. The molecule has 0 bridgehead atoms. The van der Waals surface area contributed by atoms with E-state index in [1.807, 2.05) is 22.8 Å². The summed E-state index contributed by atoms with van der Waals surface area (Å²) in [6.45, 7) is 3.41. The molecule has 3 aliphatic rings. The molecule has 1 aromatic heterocycles. The van der Waals surface area contributed by atoms with Crippen LogP contribution in [0.1, 0.15) is 59.5 Å². The minimum Gasteiger partial charge on any atom is -0.478 e. The molecule has 33 heavy (non-hydrogen) atoms. The zero-order chi connectivity index (χ0) is 23.1. The Labute approximate surface area is 197 Å². The summed E-state index contributed by atoms with van der Waals surface area (Å²) in [7, 11) is 0. The average Bonchev–Trinajstić information content (AvgIpc) is 3.73. The number of carbonyl (C=O) groups excluding carboxylic acids is 1. The van der Waals surface area contributed by atoms with Crippen molar-refractivity contribution >= 4 is 29.4 Å². The van der Waals surface area contributed by atoms with Gasteiger partial charge < -0.3 is 20.2 Å². The fourth-order valence-corrected chi connectivity index (χ4v) is 4.97. The topological polar surface area (TPSA) is 98.7 Å². The first kappa shape index (κ1) is 21.9. The van der Waals surface area contributed by atoms with E-state index in [0.29, 0.717) is 18.3 Å². The number of carboxylic acids is 1. The van der Waals surface area contributed by atoms with Crippen LogP contribution < -0.4 is 10.2 Å². The largest absolute Gasteiger partial charge is 0.478 e. The van der Waals surface area contributed by atoms with Gasteiger partial charge in [-0.1, -0.05) is 23.7 Å². The van der Waals surface area contributed by atoms with Crippen LogP contribution in [0.3, 0.4) is 0 Å². The van der Waals surface area contributed by atoms with Crippen molar-refractivity contribution in [3.63, 3.8) is 0 Å². The number of piperidine rings is 1. The van der Waals surface area contributed by atoms with Crippen molar-refractivity contribution < 1.29 is 14.7 Å². The van der Waals surface area contributed by atoms with E-state index in [2.05, 4.69) is 27.6 Å². The minimum absolute atomic E-state index is 0.00732. The summed E-state index contributed by atoms with van der Waals surface area (Å²) in [5, 5.41) is 21.3. The Morgan fingerprint density at radius 1 is 1.21 bits per heavy atom. The van der Waals surface area contributed by atoms with E-state index in [-0.39, 0.29) is 29.7 Å². The summed E-state index contributed by atoms with van der Waals surface area (Å²) in [6.07, 6.45) is 6.10. The Bertz CT molecular complexity index is 1080. The van der Waals surface area contributed by atoms with Crippen LogP contribution >= 0.6 is 11.6 Å². The average molecular weight is 470 g/mol. The molecule has 3 atom stereocenters. The van der Waals surface area contributed by atoms with Gasteiger partial charge in [0.2, 0.25) is 0 Å². The van der Waals surface area contributed by atoms with Gasteiger partial charge >= 0.3 is 12.0 Å². The summed E-state index contributed by atoms with van der Waals surface area (Å²) >= 11 is 6.16. The smallest absolute Gasteiger partial charge is 0.337 e. The van der Waals surface area contributed by atoms with E-state index in [4.69, 9.17) is 11.6 Å². The second-order valence-electron chi connectivity index (χ2n) is 9.39. The maximum absolute atomic E-state index is 13.3. The summed E-state index contributed by atoms with van der Waals surface area (Å²) < 4.78 is 0. The third-order valence-electron chi connectivity index (χ3n) is 6.89. The number of aryl methyl sites for hydroxylation is 1. The lowest BCUT2D eigenvalue weighted by Crippen LogP contribution is -2.54. The standard InChI is InChI=1S/C24H28ClN5O3/c1-14-9-15(4-7-20(14)25)19-11-21(19)27-24(33)30(17-5-6-17)18-3-2-8-29(13-18)22-10-16(23(31)32)12-26-28-22/h4,7,9-10,12,17-19,21H,2-3,5-6,8,11,13H2,1H3,(H,27,33)(H,31,32)/t18?,19-,21+/m0/s1. The number of anilines is 1. The van der Waals surface area contributed by atoms with Gasteiger partial charge in [-0.15, -0.1) is 5.10 Å². The Hall–Kier alpha value is -2.87. The van der Waals surface area contributed by atoms with E-state index in [1.54, 1.807) is 6.07 Å². The number of nitrogens with zero attached hydrogens (tertiary/aromatic N) is 4. The number of hydrogen-bond donors (Lipinski definition) is 2. The number of carbonyl (C=O) groups is 2. The molecule has 1 unspecified atom stereocenters. The molecule has 2 heterocycles. The first-order valence-electron chi connectivity index (χ1n) is 11.6. The molecule has 0 radical (unpaired) electrons. The molecule has 8 nitrogen and oxygen atoms in total. The van der Waals surface area contributed by atoms with E-state index >= 15 is 0 Å². The Morgan fingerprint density at radius 2 is 2.03 bits per heavy atom. The molecule has 2 saturated carbocycles. The molecule has 9 heteroatoms. The molecular formula is C24H28ClN5O3. The number of rotatable bonds is 6. The highest BCUT2D eigenvalue weighted by molar-refractivity contribution is 6.31. The van der Waals surface area contributed by atoms with Crippen LogP contribution in [0.5, 0.6) is 0 Å². The molecule has 2 N–H and O–H groups in total. The SMILES string of the molecule is Cc1cc([C@@H]2C[C@H]2NC(=O)N(C2CC2)C2CCCN(c3cc(C(=O)O)cnn3)C2)ccc1Cl. The fourth-order valence-electron chi connectivity index (χ4n) is 4.85. The van der Waals surface area contributed by atoms with Crippen LogP contribution in [0.2, 0.25) is 5.02 Å². The number of halogens is 1. The first-order chi connectivity index (χ1) is 15.9. The highest BCUT2D eigenvalue weighted by Gasteiger charge is 2.44. The Kier molecular flexibility index (Phi) is 5.86. The second-order valence-corrected chi connectivity index (χ2v) is 9.80. The lowest BCUT2D eigenvalue weighted by atomic mass is 10.0. The summed E-state index contributed by atoms with van der Waals surface area (Å²) in [5.74, 6) is -0.132. The van der Waals surface area contributed by atoms with Crippen molar-refractivity contribution in [3.8, 4) is 0 Å². The molecule has 3 fully saturated rings. The van der Waals surface area contributed by atoms with Crippen molar-refractivity contribution in [2.75, 3.05) is 18.0 Å². The number of benzene rings is 1. The van der Waals surface area contributed by atoms with Gasteiger partial charge in [-0.2, -0.15) is 5.10 Å². The van der Waals surface area contributed by atoms with E-state index in [1.165, 1.54) is 11.8 Å². The van der Waals surface area contributed by atoms with Gasteiger partial charge in [0.15, 0.2) is 5.82 Å². The highest BCUT2D eigenvalue weighted by Crippen LogP contribution is 2.42. The molecule has 174 valence electrons. The van der Waals surface area contributed by atoms with E-state index in [0.717, 1.165) is 49.2 Å². The fraction of sp³-hybridized carbons (Fsp3) is 0.500. The van der Waals surface area contributed by atoms with Crippen LogP contribution in [0.4, 0.5) is 10.6 Å². The third-order valence-corrected chi connectivity index (χ3v) is 7.31. The molecule has 5 rings (SSSR count). The van der Waals surface area contributed by atoms with Crippen LogP contribution in [-0.4, -0.2) is 63.4 Å². The van der Waals surface area contributed by atoms with Gasteiger partial charge in [0.25, 0.3) is 0 Å². The van der Waals surface area contributed by atoms with Gasteiger partial charge in [-0.05, 0) is 62.3 Å². The molecule has 2 aromatic rings. The Morgan fingerprint density at radius 3 is 2.76 bits per heavy atom. The monoisotopic (exact) mass is 469 g/mol. The van der Waals surface area contributed by atoms with Gasteiger partial charge in [0.05, 0.1) is 17.8 Å². The van der Waals surface area contributed by atoms with Crippen LogP contribution in [0.25, 0.3) is 0 Å². The van der Waals surface area contributed by atoms with Gasteiger partial charge in [0.1, 0.15) is 0 Å². The number of hydrogen-bond acceptors (Lipinski definition) is 5. The molecule has 0 spiro atoms. The molecule has 1 aromatic carbocycles. The quantitative estimate of drug-likeness (QED) is 0.667. The van der Waals surface area contributed by atoms with Gasteiger partial charge in [-0.25, -0.2) is 9.59 Å². The van der Waals surface area contributed by atoms with Crippen molar-refractivity contribution in [2.24, 2.45) is 0 Å². The van der Waals surface area contributed by atoms with Gasteiger partial charge in [-0.3, -0.25) is 0 Å². The lowest BCUT2D eigenvalue weighted by molar-refractivity contribution is 0.0696. The summed E-state index contributed by atoms with van der Waals surface area (Å²) in [4.78, 5) is 28.7. The van der Waals surface area contributed by atoms with E-state index < -0.39 is 5.97 Å². The van der Waals surface area contributed by atoms with Crippen molar-refractivity contribution in [2.45, 2.75) is 63.1 Å².